The molecule has 204 valence electrons. The van der Waals surface area contributed by atoms with Crippen molar-refractivity contribution in [2.24, 2.45) is 5.92 Å². The molecule has 4 atom stereocenters. The summed E-state index contributed by atoms with van der Waals surface area (Å²) in [5.41, 5.74) is 1.09. The summed E-state index contributed by atoms with van der Waals surface area (Å²) < 4.78 is 5.46. The number of amides is 3. The van der Waals surface area contributed by atoms with Crippen molar-refractivity contribution < 1.29 is 19.1 Å². The number of ether oxygens (including phenoxy) is 1. The maximum atomic E-state index is 14.1. The second kappa shape index (κ2) is 14.9. The van der Waals surface area contributed by atoms with Gasteiger partial charge in [-0.15, -0.1) is 0 Å². The fraction of sp³-hybridized carbons (Fsp3) is 0.690. The predicted molar refractivity (Wildman–Crippen MR) is 146 cm³/mol. The van der Waals surface area contributed by atoms with E-state index in [2.05, 4.69) is 24.5 Å². The molecule has 3 amide bonds. The van der Waals surface area contributed by atoms with Gasteiger partial charge in [0.25, 0.3) is 0 Å². The number of benzene rings is 1. The maximum absolute atomic E-state index is 14.1. The third-order valence-electron chi connectivity index (χ3n) is 6.22. The van der Waals surface area contributed by atoms with Crippen molar-refractivity contribution in [3.05, 3.63) is 35.4 Å². The van der Waals surface area contributed by atoms with E-state index in [-0.39, 0.29) is 23.8 Å². The molecule has 0 heterocycles. The van der Waals surface area contributed by atoms with Gasteiger partial charge in [-0.05, 0) is 58.9 Å². The Bertz CT molecular complexity index is 849. The lowest BCUT2D eigenvalue weighted by molar-refractivity contribution is -0.143. The van der Waals surface area contributed by atoms with Crippen LogP contribution in [0.3, 0.4) is 0 Å². The summed E-state index contributed by atoms with van der Waals surface area (Å²) in [5, 5.41) is 5.93. The predicted octanol–water partition coefficient (Wildman–Crippen LogP) is 5.91. The van der Waals surface area contributed by atoms with Gasteiger partial charge < -0.3 is 20.3 Å². The van der Waals surface area contributed by atoms with Crippen molar-refractivity contribution in [1.82, 2.24) is 15.5 Å². The van der Waals surface area contributed by atoms with Gasteiger partial charge >= 0.3 is 6.09 Å². The first-order chi connectivity index (χ1) is 16.8. The minimum atomic E-state index is -0.810. The molecule has 7 nitrogen and oxygen atoms in total. The number of nitrogens with one attached hydrogen (secondary N) is 2. The van der Waals surface area contributed by atoms with E-state index in [0.29, 0.717) is 13.0 Å². The van der Waals surface area contributed by atoms with Crippen molar-refractivity contribution >= 4 is 17.9 Å². The second-order valence-corrected chi connectivity index (χ2v) is 10.9. The smallest absolute Gasteiger partial charge is 0.408 e. The van der Waals surface area contributed by atoms with Crippen molar-refractivity contribution in [3.63, 3.8) is 0 Å². The van der Waals surface area contributed by atoms with Crippen molar-refractivity contribution in [1.29, 1.82) is 0 Å². The van der Waals surface area contributed by atoms with Crippen molar-refractivity contribution in [2.45, 2.75) is 118 Å². The largest absolute Gasteiger partial charge is 0.444 e. The van der Waals surface area contributed by atoms with Crippen LogP contribution in [-0.2, 0) is 14.3 Å². The number of carbonyl (C=O) groups is 3. The van der Waals surface area contributed by atoms with Crippen LogP contribution in [0.1, 0.15) is 105 Å². The number of unbranched alkanes of at least 4 members (excludes halogenated alkanes) is 1. The number of hydrogen-bond acceptors (Lipinski definition) is 4. The zero-order chi connectivity index (χ0) is 27.5. The molecule has 36 heavy (non-hydrogen) atoms. The highest BCUT2D eigenvalue weighted by Gasteiger charge is 2.38. The van der Waals surface area contributed by atoms with E-state index in [4.69, 9.17) is 4.74 Å². The van der Waals surface area contributed by atoms with Crippen LogP contribution in [0.15, 0.2) is 24.3 Å². The molecule has 0 aliphatic heterocycles. The van der Waals surface area contributed by atoms with E-state index in [1.807, 2.05) is 52.0 Å². The van der Waals surface area contributed by atoms with E-state index in [0.717, 1.165) is 36.8 Å². The van der Waals surface area contributed by atoms with Gasteiger partial charge in [0.1, 0.15) is 17.7 Å². The van der Waals surface area contributed by atoms with E-state index < -0.39 is 23.8 Å². The number of hydrogen-bond donors (Lipinski definition) is 2. The molecule has 4 unspecified atom stereocenters. The van der Waals surface area contributed by atoms with Gasteiger partial charge in [-0.1, -0.05) is 76.8 Å². The number of aryl methyl sites for hydroxylation is 1. The van der Waals surface area contributed by atoms with Gasteiger partial charge in [-0.3, -0.25) is 9.59 Å². The molecule has 0 aliphatic rings. The highest BCUT2D eigenvalue weighted by atomic mass is 16.6. The molecule has 1 aromatic carbocycles. The van der Waals surface area contributed by atoms with Gasteiger partial charge in [-0.25, -0.2) is 4.79 Å². The molecule has 0 fully saturated rings. The lowest BCUT2D eigenvalue weighted by Crippen LogP contribution is -2.55. The summed E-state index contributed by atoms with van der Waals surface area (Å²) in [5.74, 6) is -0.617. The number of carbonyl (C=O) groups excluding carboxylic acids is 3. The van der Waals surface area contributed by atoms with Crippen molar-refractivity contribution in [2.75, 3.05) is 6.54 Å². The van der Waals surface area contributed by atoms with Gasteiger partial charge in [0.2, 0.25) is 11.8 Å². The van der Waals surface area contributed by atoms with Gasteiger partial charge in [0, 0.05) is 12.6 Å². The number of alkyl carbamates (subject to hydrolysis) is 1. The Morgan fingerprint density at radius 3 is 2.22 bits per heavy atom. The zero-order valence-corrected chi connectivity index (χ0v) is 23.9. The van der Waals surface area contributed by atoms with Gasteiger partial charge in [0.15, 0.2) is 0 Å². The van der Waals surface area contributed by atoms with Crippen LogP contribution in [0, 0.1) is 12.8 Å². The Labute approximate surface area is 218 Å². The molecule has 1 aromatic rings. The molecule has 0 spiro atoms. The second-order valence-electron chi connectivity index (χ2n) is 10.9. The first kappa shape index (κ1) is 31.5. The molecule has 1 rings (SSSR count). The van der Waals surface area contributed by atoms with E-state index >= 15 is 0 Å². The first-order valence-corrected chi connectivity index (χ1v) is 13.5. The fourth-order valence-electron chi connectivity index (χ4n) is 4.13. The van der Waals surface area contributed by atoms with E-state index in [1.54, 1.807) is 25.7 Å². The maximum Gasteiger partial charge on any atom is 0.408 e. The lowest BCUT2D eigenvalue weighted by atomic mass is 9.95. The Morgan fingerprint density at radius 1 is 1.03 bits per heavy atom. The van der Waals surface area contributed by atoms with Gasteiger partial charge in [0.05, 0.1) is 0 Å². The summed E-state index contributed by atoms with van der Waals surface area (Å²) in [6.07, 6.45) is 3.46. The standard InChI is InChI=1S/C29H49N3O4/c1-10-13-18-32(27(34)24(21(5)12-3)31-28(35)36-29(7,8)9)25(23-17-14-16-20(4)19-23)26(33)30-22(6)15-11-2/h14,16-17,19,21-22,24-25H,10-13,15,18H2,1-9H3,(H,30,33)(H,31,35). The average Bonchev–Trinajstić information content (AvgIpc) is 2.78. The molecular weight excluding hydrogens is 454 g/mol. The molecule has 0 saturated heterocycles. The van der Waals surface area contributed by atoms with Crippen LogP contribution < -0.4 is 10.6 Å². The minimum absolute atomic E-state index is 0.0109. The summed E-state index contributed by atoms with van der Waals surface area (Å²) in [6, 6.07) is 6.12. The molecule has 0 radical (unpaired) electrons. The molecule has 0 bridgehead atoms. The zero-order valence-electron chi connectivity index (χ0n) is 23.9. The molecule has 7 heteroatoms. The lowest BCUT2D eigenvalue weighted by Gasteiger charge is -2.36. The van der Waals surface area contributed by atoms with E-state index in [9.17, 15) is 14.4 Å². The quantitative estimate of drug-likeness (QED) is 0.350. The highest BCUT2D eigenvalue weighted by molar-refractivity contribution is 5.92. The third kappa shape index (κ3) is 10.2. The summed E-state index contributed by atoms with van der Waals surface area (Å²) >= 11 is 0. The Kier molecular flexibility index (Phi) is 13.0. The molecule has 0 aromatic heterocycles. The number of nitrogens with zero attached hydrogens (tertiary/aromatic N) is 1. The molecule has 0 saturated carbocycles. The first-order valence-electron chi connectivity index (χ1n) is 13.5. The van der Waals surface area contributed by atoms with Crippen molar-refractivity contribution in [3.8, 4) is 0 Å². The van der Waals surface area contributed by atoms with Crippen LogP contribution in [0.2, 0.25) is 0 Å². The SMILES string of the molecule is CCCCN(C(=O)C(NC(=O)OC(C)(C)C)C(C)CC)C(C(=O)NC(C)CCC)c1cccc(C)c1. The Balaban J connectivity index is 3.49. The van der Waals surface area contributed by atoms with Crippen LogP contribution in [0.4, 0.5) is 4.79 Å². The molecule has 0 aliphatic carbocycles. The third-order valence-corrected chi connectivity index (χ3v) is 6.22. The van der Waals surface area contributed by atoms with Crippen LogP contribution >= 0.6 is 0 Å². The monoisotopic (exact) mass is 503 g/mol. The summed E-state index contributed by atoms with van der Waals surface area (Å²) in [6.45, 7) is 17.8. The topological polar surface area (TPSA) is 87.7 Å². The Morgan fingerprint density at radius 2 is 1.69 bits per heavy atom. The Hall–Kier alpha value is -2.57. The summed E-state index contributed by atoms with van der Waals surface area (Å²) in [7, 11) is 0. The normalized spacial score (nSPS) is 14.8. The summed E-state index contributed by atoms with van der Waals surface area (Å²) in [4.78, 5) is 42.2. The minimum Gasteiger partial charge on any atom is -0.444 e. The molecular formula is C29H49N3O4. The highest BCUT2D eigenvalue weighted by Crippen LogP contribution is 2.26. The number of rotatable bonds is 13. The van der Waals surface area contributed by atoms with E-state index in [1.165, 1.54) is 0 Å². The van der Waals surface area contributed by atoms with Crippen LogP contribution in [0.25, 0.3) is 0 Å². The van der Waals surface area contributed by atoms with Gasteiger partial charge in [-0.2, -0.15) is 0 Å². The fourth-order valence-corrected chi connectivity index (χ4v) is 4.13. The van der Waals surface area contributed by atoms with Crippen LogP contribution in [0.5, 0.6) is 0 Å². The van der Waals surface area contributed by atoms with Crippen LogP contribution in [-0.4, -0.2) is 47.0 Å². The average molecular weight is 504 g/mol. The molecule has 2 N–H and O–H groups in total.